The van der Waals surface area contributed by atoms with Gasteiger partial charge in [-0.3, -0.25) is 14.4 Å². The molecule has 0 atom stereocenters. The number of hydrogen-bond acceptors (Lipinski definition) is 7. The summed E-state index contributed by atoms with van der Waals surface area (Å²) in [6, 6.07) is 0. The Morgan fingerprint density at radius 1 is 1.29 bits per heavy atom. The van der Waals surface area contributed by atoms with Gasteiger partial charge in [0.05, 0.1) is 26.6 Å². The molecule has 0 unspecified atom stereocenters. The number of amides is 2. The van der Waals surface area contributed by atoms with Gasteiger partial charge in [0, 0.05) is 6.54 Å². The average molecular weight is 306 g/mol. The molecule has 0 aliphatic heterocycles. The number of ether oxygens (including phenoxy) is 1. The van der Waals surface area contributed by atoms with Crippen LogP contribution in [0.15, 0.2) is 0 Å². The van der Waals surface area contributed by atoms with E-state index in [9.17, 15) is 19.2 Å². The molecule has 0 spiro atoms. The highest BCUT2D eigenvalue weighted by molar-refractivity contribution is 5.79. The summed E-state index contributed by atoms with van der Waals surface area (Å²) in [6.07, 6.45) is 1.38. The zero-order valence-corrected chi connectivity index (χ0v) is 12.8. The Morgan fingerprint density at radius 3 is 2.19 bits per heavy atom. The first-order valence-corrected chi connectivity index (χ1v) is 6.32. The van der Waals surface area contributed by atoms with Gasteiger partial charge in [0.15, 0.2) is 0 Å². The minimum Gasteiger partial charge on any atom is -0.469 e. The van der Waals surface area contributed by atoms with Crippen molar-refractivity contribution < 1.29 is 23.9 Å². The quantitative estimate of drug-likeness (QED) is 0.226. The molecule has 0 bridgehead atoms. The summed E-state index contributed by atoms with van der Waals surface area (Å²) < 4.78 is 4.30. The summed E-state index contributed by atoms with van der Waals surface area (Å²) in [5, 5.41) is 7.51. The summed E-state index contributed by atoms with van der Waals surface area (Å²) >= 11 is 0. The van der Waals surface area contributed by atoms with Crippen LogP contribution >= 0.6 is 0 Å². The fraction of sp³-hybridized carbons (Fsp3) is 0.667. The maximum absolute atomic E-state index is 10.3. The lowest BCUT2D eigenvalue weighted by Gasteiger charge is -1.95. The van der Waals surface area contributed by atoms with Crippen LogP contribution in [0.5, 0.6) is 0 Å². The van der Waals surface area contributed by atoms with E-state index >= 15 is 0 Å². The third-order valence-corrected chi connectivity index (χ3v) is 1.71. The van der Waals surface area contributed by atoms with Crippen LogP contribution in [-0.2, 0) is 23.9 Å². The van der Waals surface area contributed by atoms with E-state index in [2.05, 4.69) is 27.6 Å². The first-order valence-electron chi connectivity index (χ1n) is 6.32. The normalized spacial score (nSPS) is 8.00. The van der Waals surface area contributed by atoms with Crippen LogP contribution < -0.4 is 21.7 Å². The molecule has 21 heavy (non-hydrogen) atoms. The van der Waals surface area contributed by atoms with Gasteiger partial charge in [-0.25, -0.2) is 0 Å². The average Bonchev–Trinajstić information content (AvgIpc) is 2.53. The van der Waals surface area contributed by atoms with Crippen molar-refractivity contribution in [2.75, 3.05) is 40.3 Å². The van der Waals surface area contributed by atoms with Gasteiger partial charge in [-0.2, -0.15) is 0 Å². The van der Waals surface area contributed by atoms with Gasteiger partial charge >= 0.3 is 5.97 Å². The van der Waals surface area contributed by atoms with Crippen molar-refractivity contribution in [2.45, 2.75) is 13.3 Å². The van der Waals surface area contributed by atoms with Crippen LogP contribution in [-0.4, -0.2) is 64.9 Å². The molecule has 0 heterocycles. The summed E-state index contributed by atoms with van der Waals surface area (Å²) in [4.78, 5) is 39.7. The van der Waals surface area contributed by atoms with Gasteiger partial charge in [0.2, 0.25) is 12.3 Å². The Bertz CT molecular complexity index is 272. The second-order valence-corrected chi connectivity index (χ2v) is 3.28. The number of nitrogens with one attached hydrogen (secondary N) is 3. The smallest absolute Gasteiger partial charge is 0.307 e. The molecule has 0 aromatic heterocycles. The molecule has 5 N–H and O–H groups in total. The van der Waals surface area contributed by atoms with E-state index in [1.165, 1.54) is 7.11 Å². The van der Waals surface area contributed by atoms with E-state index in [1.807, 2.05) is 7.05 Å². The minimum absolute atomic E-state index is 0.0516. The number of carbonyl (C=O) groups is 4. The Hall–Kier alpha value is -2.00. The fourth-order valence-corrected chi connectivity index (χ4v) is 0.563. The van der Waals surface area contributed by atoms with Crippen LogP contribution in [0.1, 0.15) is 13.3 Å². The molecule has 0 saturated heterocycles. The zero-order chi connectivity index (χ0) is 16.9. The second kappa shape index (κ2) is 23.1. The van der Waals surface area contributed by atoms with Crippen molar-refractivity contribution in [3.8, 4) is 0 Å². The SMILES string of the molecule is CCNC.COC(=O)CCNC=O.NCC(=O)NCC=O. The van der Waals surface area contributed by atoms with E-state index < -0.39 is 0 Å². The second-order valence-electron chi connectivity index (χ2n) is 3.28. The number of nitrogens with two attached hydrogens (primary N) is 1. The molecular weight excluding hydrogens is 280 g/mol. The van der Waals surface area contributed by atoms with E-state index in [4.69, 9.17) is 5.73 Å². The van der Waals surface area contributed by atoms with Crippen molar-refractivity contribution in [2.24, 2.45) is 5.73 Å². The maximum atomic E-state index is 10.3. The van der Waals surface area contributed by atoms with Crippen molar-refractivity contribution in [3.63, 3.8) is 0 Å². The minimum atomic E-state index is -0.315. The van der Waals surface area contributed by atoms with Crippen LogP contribution in [0.2, 0.25) is 0 Å². The highest BCUT2D eigenvalue weighted by Crippen LogP contribution is 1.78. The lowest BCUT2D eigenvalue weighted by molar-refractivity contribution is -0.140. The first-order chi connectivity index (χ1) is 10.0. The van der Waals surface area contributed by atoms with Gasteiger partial charge in [-0.05, 0) is 13.6 Å². The van der Waals surface area contributed by atoms with Gasteiger partial charge in [-0.1, -0.05) is 6.92 Å². The topological polar surface area (TPSA) is 140 Å². The summed E-state index contributed by atoms with van der Waals surface area (Å²) in [5.74, 6) is -0.624. The third-order valence-electron chi connectivity index (χ3n) is 1.71. The van der Waals surface area contributed by atoms with Gasteiger partial charge < -0.3 is 31.2 Å². The number of rotatable bonds is 8. The number of carbonyl (C=O) groups excluding carboxylic acids is 4. The van der Waals surface area contributed by atoms with Crippen LogP contribution in [0.25, 0.3) is 0 Å². The largest absolute Gasteiger partial charge is 0.469 e. The lowest BCUT2D eigenvalue weighted by Crippen LogP contribution is -2.31. The molecule has 0 aliphatic carbocycles. The van der Waals surface area contributed by atoms with Gasteiger partial charge in [-0.15, -0.1) is 0 Å². The molecule has 9 heteroatoms. The molecule has 0 aromatic rings. The van der Waals surface area contributed by atoms with E-state index in [-0.39, 0.29) is 31.4 Å². The highest BCUT2D eigenvalue weighted by Gasteiger charge is 1.96. The fourth-order valence-electron chi connectivity index (χ4n) is 0.563. The van der Waals surface area contributed by atoms with Crippen LogP contribution in [0.4, 0.5) is 0 Å². The molecule has 9 nitrogen and oxygen atoms in total. The maximum Gasteiger partial charge on any atom is 0.307 e. The summed E-state index contributed by atoms with van der Waals surface area (Å²) in [6.45, 7) is 3.47. The number of esters is 1. The zero-order valence-electron chi connectivity index (χ0n) is 12.8. The molecular formula is C12H26N4O5. The molecule has 0 rings (SSSR count). The van der Waals surface area contributed by atoms with Crippen LogP contribution in [0, 0.1) is 0 Å². The first kappa shape index (κ1) is 24.0. The van der Waals surface area contributed by atoms with Crippen molar-refractivity contribution >= 4 is 24.6 Å². The van der Waals surface area contributed by atoms with E-state index in [0.29, 0.717) is 19.2 Å². The highest BCUT2D eigenvalue weighted by atomic mass is 16.5. The van der Waals surface area contributed by atoms with E-state index in [1.54, 1.807) is 0 Å². The van der Waals surface area contributed by atoms with Gasteiger partial charge in [0.1, 0.15) is 6.29 Å². The van der Waals surface area contributed by atoms with Crippen LogP contribution in [0.3, 0.4) is 0 Å². The van der Waals surface area contributed by atoms with Crippen molar-refractivity contribution in [3.05, 3.63) is 0 Å². The molecule has 0 radical (unpaired) electrons. The predicted octanol–water partition coefficient (Wildman–Crippen LogP) is -2.22. The molecule has 124 valence electrons. The molecule has 0 aliphatic rings. The lowest BCUT2D eigenvalue weighted by atomic mass is 10.4. The Morgan fingerprint density at radius 2 is 1.86 bits per heavy atom. The number of methoxy groups -OCH3 is 1. The Labute approximate surface area is 125 Å². The monoisotopic (exact) mass is 306 g/mol. The Balaban J connectivity index is -0.000000249. The van der Waals surface area contributed by atoms with Crippen molar-refractivity contribution in [1.82, 2.24) is 16.0 Å². The van der Waals surface area contributed by atoms with E-state index in [0.717, 1.165) is 6.54 Å². The summed E-state index contributed by atoms with van der Waals surface area (Å²) in [7, 11) is 3.24. The molecule has 2 amide bonds. The number of aldehydes is 1. The van der Waals surface area contributed by atoms with Gasteiger partial charge in [0.25, 0.3) is 0 Å². The summed E-state index contributed by atoms with van der Waals surface area (Å²) in [5.41, 5.74) is 4.88. The molecule has 0 aromatic carbocycles. The Kier molecular flexibility index (Phi) is 26.5. The standard InChI is InChI=1S/C5H9NO3.C4H8N2O2.C3H9N/c1-9-5(8)2-3-6-4-7;5-3-4(8)6-1-2-7;1-3-4-2/h4H,2-3H2,1H3,(H,6,7);2H,1,3,5H2,(H,6,8);4H,3H2,1-2H3. The molecule has 0 saturated carbocycles. The third kappa shape index (κ3) is 32.0. The predicted molar refractivity (Wildman–Crippen MR) is 78.4 cm³/mol. The van der Waals surface area contributed by atoms with Crippen molar-refractivity contribution in [1.29, 1.82) is 0 Å². The molecule has 0 fully saturated rings. The number of hydrogen-bond donors (Lipinski definition) is 4.